The zero-order valence-electron chi connectivity index (χ0n) is 20.6. The van der Waals surface area contributed by atoms with Crippen LogP contribution in [0.3, 0.4) is 0 Å². The van der Waals surface area contributed by atoms with Crippen LogP contribution in [-0.4, -0.2) is 57.9 Å². The quantitative estimate of drug-likeness (QED) is 0.403. The smallest absolute Gasteiger partial charge is 0.254 e. The van der Waals surface area contributed by atoms with Crippen LogP contribution >= 0.6 is 0 Å². The predicted octanol–water partition coefficient (Wildman–Crippen LogP) is 3.02. The van der Waals surface area contributed by atoms with Crippen LogP contribution < -0.4 is 15.2 Å². The Morgan fingerprint density at radius 3 is 2.54 bits per heavy atom. The SMILES string of the molecule is C=CC(=O)N1CCC(n2nc(C#Cc3c(F)c(OC)nc(OC)c3F)c3c(N)ncc(CC4CC4)c32)C1. The van der Waals surface area contributed by atoms with Gasteiger partial charge in [0.1, 0.15) is 17.1 Å². The average Bonchev–Trinajstić information content (AvgIpc) is 3.43. The second kappa shape index (κ2) is 9.69. The predicted molar refractivity (Wildman–Crippen MR) is 132 cm³/mol. The summed E-state index contributed by atoms with van der Waals surface area (Å²) in [6.45, 7) is 4.58. The van der Waals surface area contributed by atoms with Gasteiger partial charge in [-0.05, 0) is 49.2 Å². The van der Waals surface area contributed by atoms with Crippen LogP contribution in [0.4, 0.5) is 14.6 Å². The number of halogens is 2. The molecule has 1 amide bonds. The van der Waals surface area contributed by atoms with E-state index in [1.807, 2.05) is 4.68 Å². The lowest BCUT2D eigenvalue weighted by atomic mass is 10.1. The molecule has 2 fully saturated rings. The normalized spacial score (nSPS) is 17.0. The van der Waals surface area contributed by atoms with Crippen molar-refractivity contribution in [2.75, 3.05) is 33.0 Å². The van der Waals surface area contributed by atoms with Crippen molar-refractivity contribution in [3.05, 3.63) is 47.3 Å². The fourth-order valence-corrected chi connectivity index (χ4v) is 4.67. The molecule has 192 valence electrons. The number of fused-ring (bicyclic) bond motifs is 1. The highest BCUT2D eigenvalue weighted by molar-refractivity contribution is 5.95. The summed E-state index contributed by atoms with van der Waals surface area (Å²) >= 11 is 0. The summed E-state index contributed by atoms with van der Waals surface area (Å²) < 4.78 is 41.4. The zero-order valence-corrected chi connectivity index (χ0v) is 20.6. The van der Waals surface area contributed by atoms with Gasteiger partial charge in [0.05, 0.1) is 31.2 Å². The van der Waals surface area contributed by atoms with Crippen LogP contribution in [0.5, 0.6) is 11.8 Å². The van der Waals surface area contributed by atoms with Crippen LogP contribution in [0.1, 0.15) is 42.1 Å². The maximum Gasteiger partial charge on any atom is 0.254 e. The Labute approximate surface area is 212 Å². The number of likely N-dealkylation sites (tertiary alicyclic amines) is 1. The summed E-state index contributed by atoms with van der Waals surface area (Å²) in [7, 11) is 2.43. The lowest BCUT2D eigenvalue weighted by Crippen LogP contribution is -2.27. The first kappa shape index (κ1) is 24.5. The number of methoxy groups -OCH3 is 2. The fraction of sp³-hybridized carbons (Fsp3) is 0.385. The molecule has 0 spiro atoms. The molecule has 3 aromatic rings. The van der Waals surface area contributed by atoms with Crippen molar-refractivity contribution in [3.63, 3.8) is 0 Å². The minimum atomic E-state index is -1.05. The number of amides is 1. The summed E-state index contributed by atoms with van der Waals surface area (Å²) in [5, 5.41) is 5.26. The number of hydrogen-bond donors (Lipinski definition) is 1. The number of pyridine rings is 2. The molecule has 1 aliphatic carbocycles. The molecule has 4 heterocycles. The van der Waals surface area contributed by atoms with Crippen molar-refractivity contribution in [2.24, 2.45) is 5.92 Å². The van der Waals surface area contributed by atoms with Gasteiger partial charge in [-0.25, -0.2) is 4.98 Å². The summed E-state index contributed by atoms with van der Waals surface area (Å²) in [5.74, 6) is 2.99. The number of aromatic nitrogens is 4. The molecule has 11 heteroatoms. The van der Waals surface area contributed by atoms with Gasteiger partial charge >= 0.3 is 0 Å². The Morgan fingerprint density at radius 2 is 1.92 bits per heavy atom. The number of carbonyl (C=O) groups excluding carboxylic acids is 1. The van der Waals surface area contributed by atoms with Gasteiger partial charge in [0.2, 0.25) is 17.5 Å². The molecule has 2 aliphatic rings. The van der Waals surface area contributed by atoms with Gasteiger partial charge in [-0.2, -0.15) is 18.9 Å². The van der Waals surface area contributed by atoms with E-state index in [0.717, 1.165) is 30.3 Å². The van der Waals surface area contributed by atoms with Gasteiger partial charge in [-0.15, -0.1) is 0 Å². The summed E-state index contributed by atoms with van der Waals surface area (Å²) in [6, 6.07) is -0.128. The van der Waals surface area contributed by atoms with Crippen molar-refractivity contribution < 1.29 is 23.0 Å². The molecule has 0 aromatic carbocycles. The highest BCUT2D eigenvalue weighted by Gasteiger charge is 2.31. The first-order valence-electron chi connectivity index (χ1n) is 11.9. The Kier molecular flexibility index (Phi) is 6.41. The van der Waals surface area contributed by atoms with Crippen LogP contribution in [0, 0.1) is 29.4 Å². The topological polar surface area (TPSA) is 108 Å². The van der Waals surface area contributed by atoms with Crippen LogP contribution in [0.15, 0.2) is 18.9 Å². The number of anilines is 1. The minimum Gasteiger partial charge on any atom is -0.479 e. The Morgan fingerprint density at radius 1 is 1.22 bits per heavy atom. The van der Waals surface area contributed by atoms with E-state index in [9.17, 15) is 13.6 Å². The van der Waals surface area contributed by atoms with E-state index < -0.39 is 29.0 Å². The number of nitrogen functional groups attached to an aromatic ring is 1. The van der Waals surface area contributed by atoms with Gasteiger partial charge < -0.3 is 20.1 Å². The number of rotatable bonds is 6. The maximum atomic E-state index is 14.9. The highest BCUT2D eigenvalue weighted by atomic mass is 19.1. The van der Waals surface area contributed by atoms with Crippen LogP contribution in [-0.2, 0) is 11.2 Å². The van der Waals surface area contributed by atoms with E-state index in [4.69, 9.17) is 20.3 Å². The van der Waals surface area contributed by atoms with E-state index >= 15 is 0 Å². The van der Waals surface area contributed by atoms with Crippen LogP contribution in [0.25, 0.3) is 10.9 Å². The highest BCUT2D eigenvalue weighted by Crippen LogP contribution is 2.38. The standard InChI is InChI=1S/C26H26F2N6O3/c1-4-19(35)33-10-9-16(13-33)34-23-15(11-14-5-6-14)12-30-24(29)20(23)18(32-34)8-7-17-21(27)25(36-2)31-26(37-3)22(17)28/h4,12,14,16H,1,5-6,9-11,13H2,2-3H3,(H2,29,30). The Balaban J connectivity index is 1.66. The lowest BCUT2D eigenvalue weighted by molar-refractivity contribution is -0.125. The van der Waals surface area contributed by atoms with Crippen molar-refractivity contribution in [3.8, 4) is 23.6 Å². The van der Waals surface area contributed by atoms with Gasteiger partial charge in [0.15, 0.2) is 0 Å². The molecule has 37 heavy (non-hydrogen) atoms. The molecule has 1 saturated heterocycles. The molecule has 5 rings (SSSR count). The third kappa shape index (κ3) is 4.43. The molecular formula is C26H26F2N6O3. The molecule has 0 radical (unpaired) electrons. The second-order valence-electron chi connectivity index (χ2n) is 9.15. The number of hydrogen-bond acceptors (Lipinski definition) is 7. The Bertz CT molecular complexity index is 1440. The van der Waals surface area contributed by atoms with Crippen molar-refractivity contribution in [1.82, 2.24) is 24.6 Å². The third-order valence-electron chi connectivity index (χ3n) is 6.74. The lowest BCUT2D eigenvalue weighted by Gasteiger charge is -2.16. The second-order valence-corrected chi connectivity index (χ2v) is 9.15. The van der Waals surface area contributed by atoms with Crippen molar-refractivity contribution in [2.45, 2.75) is 31.7 Å². The molecule has 0 bridgehead atoms. The number of nitrogens with two attached hydrogens (primary N) is 1. The van der Waals surface area contributed by atoms with E-state index in [0.29, 0.717) is 30.8 Å². The fourth-order valence-electron chi connectivity index (χ4n) is 4.67. The van der Waals surface area contributed by atoms with Gasteiger partial charge in [-0.1, -0.05) is 12.5 Å². The monoisotopic (exact) mass is 508 g/mol. The maximum absolute atomic E-state index is 14.9. The number of carbonyl (C=O) groups is 1. The van der Waals surface area contributed by atoms with E-state index in [2.05, 4.69) is 28.4 Å². The largest absolute Gasteiger partial charge is 0.479 e. The molecule has 9 nitrogen and oxygen atoms in total. The summed E-state index contributed by atoms with van der Waals surface area (Å²) in [6.07, 6.45) is 6.82. The molecule has 3 aromatic heterocycles. The molecule has 1 atom stereocenters. The van der Waals surface area contributed by atoms with Gasteiger partial charge in [-0.3, -0.25) is 9.48 Å². The van der Waals surface area contributed by atoms with E-state index in [-0.39, 0.29) is 23.5 Å². The van der Waals surface area contributed by atoms with Crippen molar-refractivity contribution >= 4 is 22.6 Å². The molecular weight excluding hydrogens is 482 g/mol. The molecule has 1 unspecified atom stereocenters. The number of ether oxygens (including phenoxy) is 2. The van der Waals surface area contributed by atoms with Gasteiger partial charge in [0.25, 0.3) is 11.8 Å². The van der Waals surface area contributed by atoms with E-state index in [1.54, 1.807) is 11.1 Å². The summed E-state index contributed by atoms with van der Waals surface area (Å²) in [5.41, 5.74) is 7.73. The summed E-state index contributed by atoms with van der Waals surface area (Å²) in [4.78, 5) is 21.9. The average molecular weight is 509 g/mol. The third-order valence-corrected chi connectivity index (χ3v) is 6.74. The van der Waals surface area contributed by atoms with E-state index in [1.165, 1.54) is 20.3 Å². The molecule has 1 saturated carbocycles. The van der Waals surface area contributed by atoms with Crippen molar-refractivity contribution in [1.29, 1.82) is 0 Å². The molecule has 2 N–H and O–H groups in total. The first-order chi connectivity index (χ1) is 17.9. The Hall–Kier alpha value is -4.20. The van der Waals surface area contributed by atoms with Gasteiger partial charge in [0, 0.05) is 19.3 Å². The first-order valence-corrected chi connectivity index (χ1v) is 11.9. The minimum absolute atomic E-state index is 0.128. The number of nitrogens with zero attached hydrogens (tertiary/aromatic N) is 5. The molecule has 1 aliphatic heterocycles. The van der Waals surface area contributed by atoms with Crippen LogP contribution in [0.2, 0.25) is 0 Å². The zero-order chi connectivity index (χ0) is 26.3.